The van der Waals surface area contributed by atoms with Crippen LogP contribution < -0.4 is 10.1 Å². The molecule has 0 spiro atoms. The van der Waals surface area contributed by atoms with Crippen molar-refractivity contribution in [3.05, 3.63) is 29.6 Å². The number of methoxy groups -OCH3 is 1. The van der Waals surface area contributed by atoms with Gasteiger partial charge in [-0.1, -0.05) is 6.07 Å². The van der Waals surface area contributed by atoms with Crippen molar-refractivity contribution in [2.75, 3.05) is 33.9 Å². The third-order valence-electron chi connectivity index (χ3n) is 5.38. The van der Waals surface area contributed by atoms with E-state index in [1.165, 1.54) is 13.2 Å². The van der Waals surface area contributed by atoms with Gasteiger partial charge in [-0.2, -0.15) is 0 Å². The lowest BCUT2D eigenvalue weighted by Gasteiger charge is -2.34. The number of amides is 1. The quantitative estimate of drug-likeness (QED) is 0.885. The number of hydrogen-bond donors (Lipinski definition) is 1. The Morgan fingerprint density at radius 1 is 1.36 bits per heavy atom. The Morgan fingerprint density at radius 2 is 2.12 bits per heavy atom. The molecule has 1 amide bonds. The van der Waals surface area contributed by atoms with Gasteiger partial charge in [0, 0.05) is 13.2 Å². The van der Waals surface area contributed by atoms with Crippen LogP contribution in [0.4, 0.5) is 4.39 Å². The zero-order valence-corrected chi connectivity index (χ0v) is 15.0. The molecule has 2 heterocycles. The number of nitrogens with zero attached hydrogens (tertiary/aromatic N) is 1. The molecule has 2 aliphatic rings. The smallest absolute Gasteiger partial charge is 0.226 e. The molecule has 1 N–H and O–H groups in total. The molecule has 138 valence electrons. The van der Waals surface area contributed by atoms with E-state index in [1.807, 2.05) is 0 Å². The zero-order valence-electron chi connectivity index (χ0n) is 15.0. The second-order valence-electron chi connectivity index (χ2n) is 7.06. The molecule has 0 unspecified atom stereocenters. The predicted octanol–water partition coefficient (Wildman–Crippen LogP) is 2.20. The molecule has 5 nitrogen and oxygen atoms in total. The summed E-state index contributed by atoms with van der Waals surface area (Å²) in [6, 6.07) is 4.75. The van der Waals surface area contributed by atoms with Gasteiger partial charge >= 0.3 is 0 Å². The van der Waals surface area contributed by atoms with Crippen LogP contribution in [0.3, 0.4) is 0 Å². The summed E-state index contributed by atoms with van der Waals surface area (Å²) in [5.41, 5.74) is 0.724. The van der Waals surface area contributed by atoms with Crippen molar-refractivity contribution >= 4 is 5.91 Å². The van der Waals surface area contributed by atoms with Crippen molar-refractivity contribution in [1.82, 2.24) is 10.2 Å². The molecular formula is C19H27FN2O3. The van der Waals surface area contributed by atoms with E-state index in [1.54, 1.807) is 12.1 Å². The molecule has 1 aromatic carbocycles. The summed E-state index contributed by atoms with van der Waals surface area (Å²) in [5, 5.41) is 2.95. The van der Waals surface area contributed by atoms with Crippen molar-refractivity contribution in [2.24, 2.45) is 11.8 Å². The Labute approximate surface area is 148 Å². The number of rotatable bonds is 5. The Bertz CT molecular complexity index is 602. The topological polar surface area (TPSA) is 50.8 Å². The summed E-state index contributed by atoms with van der Waals surface area (Å²) in [6.07, 6.45) is 2.93. The molecule has 0 saturated carbocycles. The van der Waals surface area contributed by atoms with Crippen LogP contribution in [-0.4, -0.2) is 50.8 Å². The number of piperidine rings is 1. The number of carbonyl (C=O) groups is 1. The van der Waals surface area contributed by atoms with Crippen LogP contribution in [0.5, 0.6) is 5.75 Å². The van der Waals surface area contributed by atoms with Gasteiger partial charge in [0.1, 0.15) is 0 Å². The summed E-state index contributed by atoms with van der Waals surface area (Å²) < 4.78 is 24.6. The maximum absolute atomic E-state index is 13.8. The van der Waals surface area contributed by atoms with Crippen LogP contribution in [0.2, 0.25) is 0 Å². The third kappa shape index (κ3) is 4.30. The molecule has 3 rings (SSSR count). The van der Waals surface area contributed by atoms with Crippen LogP contribution >= 0.6 is 0 Å². The summed E-state index contributed by atoms with van der Waals surface area (Å²) in [6.45, 7) is 3.08. The lowest BCUT2D eigenvalue weighted by Crippen LogP contribution is -2.42. The Kier molecular flexibility index (Phi) is 5.91. The summed E-state index contributed by atoms with van der Waals surface area (Å²) >= 11 is 0. The molecule has 2 fully saturated rings. The number of hydrogen-bond acceptors (Lipinski definition) is 4. The van der Waals surface area contributed by atoms with Gasteiger partial charge in [0.2, 0.25) is 5.91 Å². The molecule has 2 saturated heterocycles. The van der Waals surface area contributed by atoms with Gasteiger partial charge < -0.3 is 19.7 Å². The monoisotopic (exact) mass is 350 g/mol. The second-order valence-corrected chi connectivity index (χ2v) is 7.06. The van der Waals surface area contributed by atoms with Crippen molar-refractivity contribution in [3.8, 4) is 5.75 Å². The van der Waals surface area contributed by atoms with Crippen LogP contribution in [0, 0.1) is 17.7 Å². The Balaban J connectivity index is 1.56. The molecule has 0 radical (unpaired) electrons. The Hall–Kier alpha value is -1.66. The van der Waals surface area contributed by atoms with Crippen molar-refractivity contribution in [3.63, 3.8) is 0 Å². The third-order valence-corrected chi connectivity index (χ3v) is 5.38. The highest BCUT2D eigenvalue weighted by molar-refractivity contribution is 5.79. The van der Waals surface area contributed by atoms with Gasteiger partial charge in [-0.15, -0.1) is 0 Å². The average molecular weight is 350 g/mol. The van der Waals surface area contributed by atoms with E-state index >= 15 is 0 Å². The van der Waals surface area contributed by atoms with E-state index in [4.69, 9.17) is 9.47 Å². The minimum absolute atomic E-state index is 0.0117. The molecule has 2 aliphatic heterocycles. The molecule has 0 bridgehead atoms. The largest absolute Gasteiger partial charge is 0.494 e. The van der Waals surface area contributed by atoms with Gasteiger partial charge in [-0.05, 0) is 63.0 Å². The van der Waals surface area contributed by atoms with Gasteiger partial charge in [-0.25, -0.2) is 4.39 Å². The fourth-order valence-electron chi connectivity index (χ4n) is 3.85. The average Bonchev–Trinajstić information content (AvgIpc) is 3.10. The number of ether oxygens (including phenoxy) is 2. The normalized spacial score (nSPS) is 25.1. The van der Waals surface area contributed by atoms with Crippen molar-refractivity contribution in [1.29, 1.82) is 0 Å². The fraction of sp³-hybridized carbons (Fsp3) is 0.632. The SMILES string of the molecule is COc1ccc(CNC(=O)[C@H]2CCO[C@@H]2C2CCN(C)CC2)cc1F. The molecule has 6 heteroatoms. The molecular weight excluding hydrogens is 323 g/mol. The van der Waals surface area contributed by atoms with Gasteiger partial charge in [0.15, 0.2) is 11.6 Å². The minimum atomic E-state index is -0.414. The number of benzene rings is 1. The first-order valence-electron chi connectivity index (χ1n) is 8.98. The van der Waals surface area contributed by atoms with Crippen LogP contribution in [0.25, 0.3) is 0 Å². The zero-order chi connectivity index (χ0) is 17.8. The van der Waals surface area contributed by atoms with Crippen LogP contribution in [0.1, 0.15) is 24.8 Å². The van der Waals surface area contributed by atoms with E-state index in [0.29, 0.717) is 19.1 Å². The number of halogens is 1. The van der Waals surface area contributed by atoms with E-state index in [-0.39, 0.29) is 23.7 Å². The van der Waals surface area contributed by atoms with Crippen molar-refractivity contribution in [2.45, 2.75) is 31.9 Å². The van der Waals surface area contributed by atoms with E-state index in [2.05, 4.69) is 17.3 Å². The van der Waals surface area contributed by atoms with Crippen LogP contribution in [0.15, 0.2) is 18.2 Å². The first-order chi connectivity index (χ1) is 12.1. The standard InChI is InChI=1S/C19H27FN2O3/c1-22-8-5-14(6-9-22)18-15(7-10-25-18)19(23)21-12-13-3-4-17(24-2)16(20)11-13/h3-4,11,14-15,18H,5-10,12H2,1-2H3,(H,21,23)/t15-,18+/m0/s1. The lowest BCUT2D eigenvalue weighted by atomic mass is 9.84. The van der Waals surface area contributed by atoms with Crippen LogP contribution in [-0.2, 0) is 16.1 Å². The number of likely N-dealkylation sites (tertiary alicyclic amines) is 1. The fourth-order valence-corrected chi connectivity index (χ4v) is 3.85. The minimum Gasteiger partial charge on any atom is -0.494 e. The molecule has 1 aromatic rings. The highest BCUT2D eigenvalue weighted by Crippen LogP contribution is 2.33. The van der Waals surface area contributed by atoms with E-state index < -0.39 is 5.82 Å². The maximum Gasteiger partial charge on any atom is 0.226 e. The highest BCUT2D eigenvalue weighted by Gasteiger charge is 2.39. The maximum atomic E-state index is 13.8. The predicted molar refractivity (Wildman–Crippen MR) is 92.9 cm³/mol. The van der Waals surface area contributed by atoms with E-state index in [9.17, 15) is 9.18 Å². The summed E-state index contributed by atoms with van der Waals surface area (Å²) in [7, 11) is 3.56. The molecule has 25 heavy (non-hydrogen) atoms. The Morgan fingerprint density at radius 3 is 2.80 bits per heavy atom. The molecule has 0 aliphatic carbocycles. The molecule has 0 aromatic heterocycles. The first kappa shape index (κ1) is 18.1. The summed E-state index contributed by atoms with van der Waals surface area (Å²) in [4.78, 5) is 14.9. The lowest BCUT2D eigenvalue weighted by molar-refractivity contribution is -0.128. The summed E-state index contributed by atoms with van der Waals surface area (Å²) in [5.74, 6) is 0.159. The van der Waals surface area contributed by atoms with Gasteiger partial charge in [0.05, 0.1) is 19.1 Å². The van der Waals surface area contributed by atoms with Gasteiger partial charge in [-0.3, -0.25) is 4.79 Å². The van der Waals surface area contributed by atoms with Gasteiger partial charge in [0.25, 0.3) is 0 Å². The van der Waals surface area contributed by atoms with E-state index in [0.717, 1.165) is 37.9 Å². The van der Waals surface area contributed by atoms with Crippen molar-refractivity contribution < 1.29 is 18.7 Å². The highest BCUT2D eigenvalue weighted by atomic mass is 19.1. The number of carbonyl (C=O) groups excluding carboxylic acids is 1. The first-order valence-corrected chi connectivity index (χ1v) is 8.98. The molecule has 2 atom stereocenters. The second kappa shape index (κ2) is 8.15. The number of nitrogens with one attached hydrogen (secondary N) is 1.